The van der Waals surface area contributed by atoms with Crippen molar-refractivity contribution >= 4 is 33.1 Å². The van der Waals surface area contributed by atoms with Crippen molar-refractivity contribution in [2.75, 3.05) is 38.3 Å². The van der Waals surface area contributed by atoms with E-state index in [1.807, 2.05) is 80.0 Å². The van der Waals surface area contributed by atoms with Crippen LogP contribution >= 0.6 is 0 Å². The average molecular weight is 494 g/mol. The maximum atomic E-state index is 11.3. The Morgan fingerprint density at radius 3 is 2.43 bits per heavy atom. The third-order valence-corrected chi connectivity index (χ3v) is 7.00. The normalized spacial score (nSPS) is 11.7. The predicted molar refractivity (Wildman–Crippen MR) is 140 cm³/mol. The monoisotopic (exact) mass is 493 g/mol. The minimum Gasteiger partial charge on any atom is -0.456 e. The fraction of sp³-hybridized carbons (Fsp3) is 0.259. The molecule has 0 spiro atoms. The smallest absolute Gasteiger partial charge is 0.264 e. The molecule has 0 radical (unpaired) electrons. The fourth-order valence-electron chi connectivity index (χ4n) is 4.33. The second-order valence-corrected chi connectivity index (χ2v) is 10.6. The summed E-state index contributed by atoms with van der Waals surface area (Å²) in [5.41, 5.74) is 6.21. The molecule has 1 aliphatic carbocycles. The SMILES string of the molecule is Cc1cc(C=O)ccc1-c1c2ccc(=[N+](C)C)cc-2oc2cc(N(C)CCCS(=O)(=O)O)ccc12. The van der Waals surface area contributed by atoms with Crippen LogP contribution in [0.4, 0.5) is 5.69 Å². The van der Waals surface area contributed by atoms with E-state index < -0.39 is 10.1 Å². The van der Waals surface area contributed by atoms with Gasteiger partial charge in [-0.2, -0.15) is 8.42 Å². The van der Waals surface area contributed by atoms with Crippen molar-refractivity contribution < 1.29 is 22.2 Å². The topological polar surface area (TPSA) is 90.8 Å². The summed E-state index contributed by atoms with van der Waals surface area (Å²) < 4.78 is 39.5. The number of aldehydes is 1. The zero-order chi connectivity index (χ0) is 25.3. The highest BCUT2D eigenvalue weighted by atomic mass is 32.2. The maximum absolute atomic E-state index is 11.3. The quantitative estimate of drug-likeness (QED) is 0.181. The molecule has 7 nitrogen and oxygen atoms in total. The van der Waals surface area contributed by atoms with Crippen LogP contribution in [0.25, 0.3) is 33.4 Å². The molecule has 35 heavy (non-hydrogen) atoms. The number of rotatable bonds is 7. The summed E-state index contributed by atoms with van der Waals surface area (Å²) in [5, 5.41) is 1.95. The third kappa shape index (κ3) is 5.28. The Hall–Kier alpha value is -3.49. The summed E-state index contributed by atoms with van der Waals surface area (Å²) in [5.74, 6) is 0.455. The Balaban J connectivity index is 1.91. The third-order valence-electron chi connectivity index (χ3n) is 6.20. The van der Waals surface area contributed by atoms with Gasteiger partial charge in [0, 0.05) is 53.5 Å². The highest BCUT2D eigenvalue weighted by Crippen LogP contribution is 2.41. The van der Waals surface area contributed by atoms with Crippen molar-refractivity contribution in [3.63, 3.8) is 0 Å². The van der Waals surface area contributed by atoms with Crippen molar-refractivity contribution in [2.45, 2.75) is 13.3 Å². The van der Waals surface area contributed by atoms with Crippen LogP contribution in [0.2, 0.25) is 0 Å². The molecule has 0 aromatic heterocycles. The average Bonchev–Trinajstić information content (AvgIpc) is 2.81. The van der Waals surface area contributed by atoms with Crippen LogP contribution in [0.5, 0.6) is 0 Å². The first-order valence-electron chi connectivity index (χ1n) is 11.3. The van der Waals surface area contributed by atoms with E-state index in [-0.39, 0.29) is 5.75 Å². The Morgan fingerprint density at radius 2 is 1.77 bits per heavy atom. The van der Waals surface area contributed by atoms with Crippen LogP contribution in [0.3, 0.4) is 0 Å². The minimum absolute atomic E-state index is 0.284. The van der Waals surface area contributed by atoms with Gasteiger partial charge in [0.2, 0.25) is 5.36 Å². The van der Waals surface area contributed by atoms with Crippen molar-refractivity contribution in [1.29, 1.82) is 0 Å². The molecule has 1 N–H and O–H groups in total. The van der Waals surface area contributed by atoms with Crippen molar-refractivity contribution in [1.82, 2.24) is 4.58 Å². The number of aryl methyl sites for hydroxylation is 1. The van der Waals surface area contributed by atoms with Crippen LogP contribution in [0.1, 0.15) is 22.3 Å². The van der Waals surface area contributed by atoms with Gasteiger partial charge in [0.25, 0.3) is 10.1 Å². The molecule has 182 valence electrons. The number of hydrogen-bond acceptors (Lipinski definition) is 5. The van der Waals surface area contributed by atoms with Gasteiger partial charge in [0.1, 0.15) is 31.7 Å². The molecule has 1 aliphatic heterocycles. The number of carbonyl (C=O) groups excluding carboxylic acids is 1. The van der Waals surface area contributed by atoms with Gasteiger partial charge in [-0.3, -0.25) is 9.35 Å². The summed E-state index contributed by atoms with van der Waals surface area (Å²) >= 11 is 0. The molecule has 4 rings (SSSR count). The lowest BCUT2D eigenvalue weighted by Crippen LogP contribution is -2.21. The number of benzene rings is 3. The van der Waals surface area contributed by atoms with E-state index in [4.69, 9.17) is 8.97 Å². The summed E-state index contributed by atoms with van der Waals surface area (Å²) in [7, 11) is 1.84. The Bertz CT molecular complexity index is 1570. The van der Waals surface area contributed by atoms with Crippen LogP contribution in [-0.2, 0) is 10.1 Å². The van der Waals surface area contributed by atoms with E-state index in [0.717, 1.165) is 50.7 Å². The molecule has 0 unspecified atom stereocenters. The molecule has 2 aromatic rings. The van der Waals surface area contributed by atoms with E-state index in [2.05, 4.69) is 12.1 Å². The lowest BCUT2D eigenvalue weighted by molar-refractivity contribution is 0.112. The highest BCUT2D eigenvalue weighted by Gasteiger charge is 2.20. The second kappa shape index (κ2) is 9.64. The number of carbonyl (C=O) groups is 1. The van der Waals surface area contributed by atoms with Crippen molar-refractivity contribution in [2.24, 2.45) is 0 Å². The molecule has 0 fully saturated rings. The van der Waals surface area contributed by atoms with E-state index >= 15 is 0 Å². The highest BCUT2D eigenvalue weighted by molar-refractivity contribution is 7.85. The van der Waals surface area contributed by atoms with Crippen LogP contribution in [0, 0.1) is 6.92 Å². The molecule has 8 heteroatoms. The lowest BCUT2D eigenvalue weighted by atomic mass is 9.90. The Labute approximate surface area is 205 Å². The van der Waals surface area contributed by atoms with E-state index in [1.54, 1.807) is 0 Å². The van der Waals surface area contributed by atoms with E-state index in [9.17, 15) is 13.2 Å². The number of hydrogen-bond donors (Lipinski definition) is 1. The number of fused-ring (bicyclic) bond motifs is 2. The molecule has 0 atom stereocenters. The zero-order valence-electron chi connectivity index (χ0n) is 20.3. The summed E-state index contributed by atoms with van der Waals surface area (Å²) in [6, 6.07) is 17.7. The fourth-order valence-corrected chi connectivity index (χ4v) is 4.82. The van der Waals surface area contributed by atoms with E-state index in [1.165, 1.54) is 0 Å². The maximum Gasteiger partial charge on any atom is 0.264 e. The van der Waals surface area contributed by atoms with Gasteiger partial charge in [0.15, 0.2) is 0 Å². The van der Waals surface area contributed by atoms with Gasteiger partial charge >= 0.3 is 0 Å². The number of nitrogens with zero attached hydrogens (tertiary/aromatic N) is 2. The first kappa shape index (κ1) is 24.6. The van der Waals surface area contributed by atoms with Crippen LogP contribution < -0.4 is 14.8 Å². The molecule has 0 amide bonds. The summed E-state index contributed by atoms with van der Waals surface area (Å²) in [4.78, 5) is 13.2. The van der Waals surface area contributed by atoms with Crippen molar-refractivity contribution in [3.8, 4) is 22.5 Å². The first-order chi connectivity index (χ1) is 16.6. The summed E-state index contributed by atoms with van der Waals surface area (Å²) in [6.07, 6.45) is 1.16. The lowest BCUT2D eigenvalue weighted by Gasteiger charge is -2.21. The molecule has 2 aromatic carbocycles. The largest absolute Gasteiger partial charge is 0.456 e. The first-order valence-corrected chi connectivity index (χ1v) is 12.9. The number of anilines is 1. The van der Waals surface area contributed by atoms with Crippen LogP contribution in [-0.4, -0.2) is 52.7 Å². The standard InChI is InChI=1S/C27H28N2O5S/c1-18-14-19(17-30)6-9-22(18)27-23-10-7-20(28(2)3)15-25(23)34-26-16-21(8-11-24(26)27)29(4)12-5-13-35(31,32)33/h6-11,14-17H,5,12-13H2,1-4H3/p+1. The molecule has 0 saturated heterocycles. The molecular weight excluding hydrogens is 464 g/mol. The van der Waals surface area contributed by atoms with Gasteiger partial charge in [0.05, 0.1) is 11.8 Å². The summed E-state index contributed by atoms with van der Waals surface area (Å²) in [6.45, 7) is 2.46. The molecular formula is C27H29N2O5S+. The van der Waals surface area contributed by atoms with E-state index in [0.29, 0.717) is 24.1 Å². The molecule has 2 aliphatic rings. The zero-order valence-corrected chi connectivity index (χ0v) is 21.1. The Kier molecular flexibility index (Phi) is 6.78. The predicted octanol–water partition coefficient (Wildman–Crippen LogP) is 4.07. The van der Waals surface area contributed by atoms with Gasteiger partial charge in [-0.1, -0.05) is 12.1 Å². The van der Waals surface area contributed by atoms with Gasteiger partial charge in [-0.15, -0.1) is 0 Å². The molecule has 0 saturated carbocycles. The van der Waals surface area contributed by atoms with Gasteiger partial charge in [-0.25, -0.2) is 4.58 Å². The molecule has 0 bridgehead atoms. The van der Waals surface area contributed by atoms with Crippen LogP contribution in [0.15, 0.2) is 59.0 Å². The van der Waals surface area contributed by atoms with Crippen molar-refractivity contribution in [3.05, 3.63) is 71.1 Å². The van der Waals surface area contributed by atoms with Gasteiger partial charge < -0.3 is 9.32 Å². The van der Waals surface area contributed by atoms with Gasteiger partial charge in [-0.05, 0) is 48.7 Å². The molecule has 1 heterocycles. The Morgan fingerprint density at radius 1 is 1.03 bits per heavy atom. The minimum atomic E-state index is -3.99. The second-order valence-electron chi connectivity index (χ2n) is 8.99.